The lowest BCUT2D eigenvalue weighted by Crippen LogP contribution is -2.33. The van der Waals surface area contributed by atoms with Crippen molar-refractivity contribution in [3.05, 3.63) is 84.2 Å². The van der Waals surface area contributed by atoms with Crippen molar-refractivity contribution in [2.75, 3.05) is 6.61 Å². The average molecular weight is 479 g/mol. The van der Waals surface area contributed by atoms with Gasteiger partial charge in [0.1, 0.15) is 5.56 Å². The van der Waals surface area contributed by atoms with Crippen LogP contribution in [0.1, 0.15) is 35.3 Å². The molecule has 3 aromatic rings. The van der Waals surface area contributed by atoms with Gasteiger partial charge >= 0.3 is 11.6 Å². The standard InChI is InChI=1S/C21H16Cl2N2O7/c1-2-31-18(26)10-17(11-4-3-5-14(7-11)25(29)30)24-20(27)15-8-12-6-13(22)9-16(23)19(12)32-21(15)28/h3-9,17H,2,10H2,1H3,(H,24,27)/t17-/m0/s1. The second-order valence-electron chi connectivity index (χ2n) is 6.64. The van der Waals surface area contributed by atoms with Gasteiger partial charge < -0.3 is 14.5 Å². The minimum atomic E-state index is -1.00. The van der Waals surface area contributed by atoms with E-state index in [0.29, 0.717) is 5.39 Å². The Morgan fingerprint density at radius 1 is 1.22 bits per heavy atom. The fourth-order valence-corrected chi connectivity index (χ4v) is 3.59. The molecule has 0 bridgehead atoms. The molecule has 0 aliphatic rings. The SMILES string of the molecule is CCOC(=O)C[C@H](NC(=O)c1cc2cc(Cl)cc(Cl)c2oc1=O)c1cccc([N+](=O)[O-])c1. The van der Waals surface area contributed by atoms with E-state index in [0.717, 1.165) is 0 Å². The highest BCUT2D eigenvalue weighted by atomic mass is 35.5. The molecule has 1 amide bonds. The molecule has 0 spiro atoms. The first kappa shape index (κ1) is 23.2. The van der Waals surface area contributed by atoms with E-state index in [1.54, 1.807) is 6.92 Å². The van der Waals surface area contributed by atoms with Gasteiger partial charge in [0, 0.05) is 22.5 Å². The highest BCUT2D eigenvalue weighted by molar-refractivity contribution is 6.38. The molecule has 3 rings (SSSR count). The van der Waals surface area contributed by atoms with Crippen molar-refractivity contribution >= 4 is 51.7 Å². The number of hydrogen-bond donors (Lipinski definition) is 1. The molecular weight excluding hydrogens is 463 g/mol. The lowest BCUT2D eigenvalue weighted by atomic mass is 10.0. The monoisotopic (exact) mass is 478 g/mol. The Hall–Kier alpha value is -3.43. The van der Waals surface area contributed by atoms with Crippen LogP contribution in [0.4, 0.5) is 5.69 Å². The summed E-state index contributed by atoms with van der Waals surface area (Å²) in [4.78, 5) is 47.9. The zero-order chi connectivity index (χ0) is 23.4. The van der Waals surface area contributed by atoms with Crippen molar-refractivity contribution in [2.45, 2.75) is 19.4 Å². The number of carbonyl (C=O) groups excluding carboxylic acids is 2. The van der Waals surface area contributed by atoms with Gasteiger partial charge in [0.05, 0.1) is 29.0 Å². The van der Waals surface area contributed by atoms with Crippen molar-refractivity contribution in [2.24, 2.45) is 0 Å². The molecule has 0 saturated heterocycles. The van der Waals surface area contributed by atoms with Crippen molar-refractivity contribution in [3.8, 4) is 0 Å². The number of benzene rings is 2. The summed E-state index contributed by atoms with van der Waals surface area (Å²) in [5.41, 5.74) is -1.17. The fourth-order valence-electron chi connectivity index (χ4n) is 3.05. The van der Waals surface area contributed by atoms with Crippen LogP contribution < -0.4 is 10.9 Å². The number of halogens is 2. The van der Waals surface area contributed by atoms with Gasteiger partial charge in [0.15, 0.2) is 5.58 Å². The van der Waals surface area contributed by atoms with Crippen LogP contribution in [0, 0.1) is 10.1 Å². The Labute approximate surface area is 191 Å². The number of nitrogens with one attached hydrogen (secondary N) is 1. The summed E-state index contributed by atoms with van der Waals surface area (Å²) in [6, 6.07) is 8.57. The Morgan fingerprint density at radius 3 is 2.66 bits per heavy atom. The Bertz CT molecular complexity index is 1270. The third-order valence-corrected chi connectivity index (χ3v) is 4.96. The number of ether oxygens (including phenoxy) is 1. The smallest absolute Gasteiger partial charge is 0.349 e. The topological polar surface area (TPSA) is 129 Å². The number of nitro groups is 1. The molecule has 1 heterocycles. The van der Waals surface area contributed by atoms with Gasteiger partial charge in [-0.15, -0.1) is 0 Å². The van der Waals surface area contributed by atoms with Crippen LogP contribution in [0.25, 0.3) is 11.0 Å². The summed E-state index contributed by atoms with van der Waals surface area (Å²) in [6.45, 7) is 1.74. The molecular formula is C21H16Cl2N2O7. The van der Waals surface area contributed by atoms with Crippen LogP contribution in [-0.2, 0) is 9.53 Å². The largest absolute Gasteiger partial charge is 0.466 e. The number of rotatable bonds is 7. The number of nitro benzene ring substituents is 1. The van der Waals surface area contributed by atoms with Crippen molar-refractivity contribution in [3.63, 3.8) is 0 Å². The van der Waals surface area contributed by atoms with Crippen LogP contribution in [0.3, 0.4) is 0 Å². The fraction of sp³-hybridized carbons (Fsp3) is 0.190. The van der Waals surface area contributed by atoms with Crippen LogP contribution in [0.5, 0.6) is 0 Å². The molecule has 0 radical (unpaired) electrons. The van der Waals surface area contributed by atoms with E-state index in [2.05, 4.69) is 5.32 Å². The normalized spacial score (nSPS) is 11.7. The van der Waals surface area contributed by atoms with Gasteiger partial charge in [-0.3, -0.25) is 19.7 Å². The number of esters is 1. The molecule has 0 saturated carbocycles. The maximum Gasteiger partial charge on any atom is 0.349 e. The maximum atomic E-state index is 12.9. The second kappa shape index (κ2) is 9.80. The summed E-state index contributed by atoms with van der Waals surface area (Å²) in [5.74, 6) is -1.48. The van der Waals surface area contributed by atoms with E-state index in [9.17, 15) is 24.5 Å². The van der Waals surface area contributed by atoms with Crippen LogP contribution in [0.2, 0.25) is 10.0 Å². The third kappa shape index (κ3) is 5.24. The lowest BCUT2D eigenvalue weighted by Gasteiger charge is -2.18. The van der Waals surface area contributed by atoms with E-state index in [1.807, 2.05) is 0 Å². The minimum Gasteiger partial charge on any atom is -0.466 e. The van der Waals surface area contributed by atoms with Gasteiger partial charge in [0.2, 0.25) is 0 Å². The first-order chi connectivity index (χ1) is 15.2. The molecule has 11 heteroatoms. The lowest BCUT2D eigenvalue weighted by molar-refractivity contribution is -0.384. The quantitative estimate of drug-likeness (QED) is 0.230. The molecule has 1 N–H and O–H groups in total. The van der Waals surface area contributed by atoms with E-state index < -0.39 is 28.5 Å². The van der Waals surface area contributed by atoms with Crippen molar-refractivity contribution < 1.29 is 23.7 Å². The van der Waals surface area contributed by atoms with E-state index in [1.165, 1.54) is 42.5 Å². The molecule has 0 aliphatic heterocycles. The predicted molar refractivity (Wildman–Crippen MR) is 117 cm³/mol. The van der Waals surface area contributed by atoms with Crippen LogP contribution in [-0.4, -0.2) is 23.4 Å². The number of non-ortho nitro benzene ring substituents is 1. The molecule has 0 aliphatic carbocycles. The van der Waals surface area contributed by atoms with E-state index >= 15 is 0 Å². The summed E-state index contributed by atoms with van der Waals surface area (Å²) >= 11 is 12.0. The highest BCUT2D eigenvalue weighted by Gasteiger charge is 2.24. The van der Waals surface area contributed by atoms with Gasteiger partial charge in [0.25, 0.3) is 11.6 Å². The first-order valence-corrected chi connectivity index (χ1v) is 10.1. The molecule has 2 aromatic carbocycles. The summed E-state index contributed by atoms with van der Waals surface area (Å²) < 4.78 is 10.1. The highest BCUT2D eigenvalue weighted by Crippen LogP contribution is 2.28. The molecule has 0 unspecified atom stereocenters. The van der Waals surface area contributed by atoms with Crippen molar-refractivity contribution in [1.82, 2.24) is 5.32 Å². The molecule has 166 valence electrons. The molecule has 32 heavy (non-hydrogen) atoms. The van der Waals surface area contributed by atoms with Gasteiger partial charge in [-0.1, -0.05) is 35.3 Å². The first-order valence-electron chi connectivity index (χ1n) is 9.33. The Kier molecular flexibility index (Phi) is 7.12. The number of amides is 1. The molecule has 1 atom stereocenters. The van der Waals surface area contributed by atoms with E-state index in [4.69, 9.17) is 32.4 Å². The predicted octanol–water partition coefficient (Wildman–Crippen LogP) is 4.43. The van der Waals surface area contributed by atoms with Gasteiger partial charge in [-0.05, 0) is 30.7 Å². The molecule has 1 aromatic heterocycles. The number of carbonyl (C=O) groups is 2. The summed E-state index contributed by atoms with van der Waals surface area (Å²) in [5, 5.41) is 14.4. The number of hydrogen-bond acceptors (Lipinski definition) is 7. The second-order valence-corrected chi connectivity index (χ2v) is 7.48. The summed E-state index contributed by atoms with van der Waals surface area (Å²) in [7, 11) is 0. The zero-order valence-electron chi connectivity index (χ0n) is 16.6. The Morgan fingerprint density at radius 2 is 1.97 bits per heavy atom. The number of nitrogens with zero attached hydrogens (tertiary/aromatic N) is 1. The zero-order valence-corrected chi connectivity index (χ0v) is 18.1. The van der Waals surface area contributed by atoms with Crippen LogP contribution in [0.15, 0.2) is 51.7 Å². The van der Waals surface area contributed by atoms with Gasteiger partial charge in [-0.25, -0.2) is 4.79 Å². The Balaban J connectivity index is 1.98. The molecule has 9 nitrogen and oxygen atoms in total. The maximum absolute atomic E-state index is 12.9. The number of fused-ring (bicyclic) bond motifs is 1. The van der Waals surface area contributed by atoms with E-state index in [-0.39, 0.29) is 45.5 Å². The summed E-state index contributed by atoms with van der Waals surface area (Å²) in [6.07, 6.45) is -0.308. The van der Waals surface area contributed by atoms with Gasteiger partial charge in [-0.2, -0.15) is 0 Å². The van der Waals surface area contributed by atoms with Crippen LogP contribution >= 0.6 is 23.2 Å². The molecule has 0 fully saturated rings. The minimum absolute atomic E-state index is 0.0689. The average Bonchev–Trinajstić information content (AvgIpc) is 2.73. The third-order valence-electron chi connectivity index (χ3n) is 4.46. The van der Waals surface area contributed by atoms with Crippen molar-refractivity contribution in [1.29, 1.82) is 0 Å².